The topological polar surface area (TPSA) is 104 Å². The third-order valence-electron chi connectivity index (χ3n) is 6.80. The van der Waals surface area contributed by atoms with Gasteiger partial charge in [0.15, 0.2) is 5.78 Å². The van der Waals surface area contributed by atoms with Gasteiger partial charge in [-0.05, 0) is 68.0 Å². The Morgan fingerprint density at radius 1 is 0.829 bits per heavy atom. The summed E-state index contributed by atoms with van der Waals surface area (Å²) in [4.78, 5) is 13.1. The van der Waals surface area contributed by atoms with Crippen LogP contribution < -0.4 is 5.32 Å². The van der Waals surface area contributed by atoms with Gasteiger partial charge >= 0.3 is 0 Å². The van der Waals surface area contributed by atoms with E-state index in [2.05, 4.69) is 12.2 Å². The first-order valence-corrected chi connectivity index (χ1v) is 15.0. The second-order valence-electron chi connectivity index (χ2n) is 9.38. The molecule has 0 aliphatic carbocycles. The zero-order valence-corrected chi connectivity index (χ0v) is 21.7. The maximum atomic E-state index is 13.0. The lowest BCUT2D eigenvalue weighted by Crippen LogP contribution is -2.37. The van der Waals surface area contributed by atoms with E-state index in [1.165, 1.54) is 20.7 Å². The summed E-state index contributed by atoms with van der Waals surface area (Å²) in [7, 11) is -7.14. The number of nitrogens with one attached hydrogen (secondary N) is 1. The van der Waals surface area contributed by atoms with Crippen LogP contribution in [-0.4, -0.2) is 64.0 Å². The van der Waals surface area contributed by atoms with Crippen LogP contribution >= 0.6 is 0 Å². The molecule has 2 fully saturated rings. The molecule has 2 saturated heterocycles. The Bertz CT molecular complexity index is 1250. The summed E-state index contributed by atoms with van der Waals surface area (Å²) in [5.41, 5.74) is 0.926. The van der Waals surface area contributed by atoms with Crippen LogP contribution in [0.1, 0.15) is 49.4 Å². The molecule has 10 heteroatoms. The molecular weight excluding hydrogens is 486 g/mol. The van der Waals surface area contributed by atoms with Gasteiger partial charge in [-0.15, -0.1) is 0 Å². The molecule has 4 rings (SSSR count). The van der Waals surface area contributed by atoms with E-state index in [9.17, 15) is 21.6 Å². The minimum atomic E-state index is -3.64. The van der Waals surface area contributed by atoms with E-state index in [4.69, 9.17) is 0 Å². The van der Waals surface area contributed by atoms with E-state index in [-0.39, 0.29) is 22.1 Å². The second-order valence-corrected chi connectivity index (χ2v) is 13.3. The molecule has 8 nitrogen and oxygen atoms in total. The largest absolute Gasteiger partial charge is 0.378 e. The molecule has 0 spiro atoms. The first kappa shape index (κ1) is 25.8. The van der Waals surface area contributed by atoms with Gasteiger partial charge in [-0.25, -0.2) is 16.8 Å². The molecule has 2 aliphatic rings. The molecule has 2 heterocycles. The van der Waals surface area contributed by atoms with Crippen molar-refractivity contribution < 1.29 is 21.6 Å². The standard InChI is InChI=1S/C25H33N3O5S2/c1-20-12-16-28(17-13-20)35(32,33)24-7-5-6-21(18-24)25(29)19-26-22-8-10-23(11-9-22)34(30,31)27-14-3-2-4-15-27/h5-11,18,20,26H,2-4,12-17,19H2,1H3. The summed E-state index contributed by atoms with van der Waals surface area (Å²) in [5, 5.41) is 3.01. The second kappa shape index (κ2) is 10.8. The molecule has 0 saturated carbocycles. The van der Waals surface area contributed by atoms with Crippen molar-refractivity contribution in [3.63, 3.8) is 0 Å². The number of piperidine rings is 2. The zero-order valence-electron chi connectivity index (χ0n) is 20.0. The number of anilines is 1. The lowest BCUT2D eigenvalue weighted by Gasteiger charge is -2.29. The zero-order chi connectivity index (χ0) is 25.1. The minimum Gasteiger partial charge on any atom is -0.378 e. The van der Waals surface area contributed by atoms with Crippen molar-refractivity contribution in [2.24, 2.45) is 5.92 Å². The summed E-state index contributed by atoms with van der Waals surface area (Å²) < 4.78 is 54.6. The molecule has 1 N–H and O–H groups in total. The fourth-order valence-electron chi connectivity index (χ4n) is 4.49. The predicted octanol–water partition coefficient (Wildman–Crippen LogP) is 3.58. The Balaban J connectivity index is 1.39. The first-order valence-electron chi connectivity index (χ1n) is 12.2. The molecule has 2 aromatic rings. The molecular formula is C25H33N3O5S2. The Morgan fingerprint density at radius 2 is 1.43 bits per heavy atom. The van der Waals surface area contributed by atoms with Crippen LogP contribution in [0.2, 0.25) is 0 Å². The third kappa shape index (κ3) is 5.94. The van der Waals surface area contributed by atoms with Crippen LogP contribution in [0, 0.1) is 5.92 Å². The summed E-state index contributed by atoms with van der Waals surface area (Å²) in [6, 6.07) is 12.5. The van der Waals surface area contributed by atoms with Gasteiger partial charge in [-0.3, -0.25) is 4.79 Å². The predicted molar refractivity (Wildman–Crippen MR) is 135 cm³/mol. The normalized spacial score (nSPS) is 18.9. The molecule has 0 aromatic heterocycles. The van der Waals surface area contributed by atoms with Gasteiger partial charge in [0.2, 0.25) is 20.0 Å². The van der Waals surface area contributed by atoms with Gasteiger partial charge in [0, 0.05) is 37.4 Å². The van der Waals surface area contributed by atoms with E-state index >= 15 is 0 Å². The fourth-order valence-corrected chi connectivity index (χ4v) is 7.52. The van der Waals surface area contributed by atoms with Crippen LogP contribution in [-0.2, 0) is 20.0 Å². The van der Waals surface area contributed by atoms with Crippen LogP contribution in [0.4, 0.5) is 5.69 Å². The molecule has 35 heavy (non-hydrogen) atoms. The average Bonchev–Trinajstić information content (AvgIpc) is 2.88. The summed E-state index contributed by atoms with van der Waals surface area (Å²) >= 11 is 0. The fraction of sp³-hybridized carbons (Fsp3) is 0.480. The van der Waals surface area contributed by atoms with Crippen LogP contribution in [0.25, 0.3) is 0 Å². The van der Waals surface area contributed by atoms with Gasteiger partial charge in [0.25, 0.3) is 0 Å². The first-order chi connectivity index (χ1) is 16.7. The molecule has 0 amide bonds. The highest BCUT2D eigenvalue weighted by atomic mass is 32.2. The number of ketones is 1. The van der Waals surface area contributed by atoms with Gasteiger partial charge in [-0.2, -0.15) is 8.61 Å². The smallest absolute Gasteiger partial charge is 0.243 e. The van der Waals surface area contributed by atoms with E-state index in [1.807, 2.05) is 0 Å². The summed E-state index contributed by atoms with van der Waals surface area (Å²) in [6.07, 6.45) is 4.47. The number of nitrogens with zero attached hydrogens (tertiary/aromatic N) is 2. The quantitative estimate of drug-likeness (QED) is 0.535. The summed E-state index contributed by atoms with van der Waals surface area (Å²) in [5.74, 6) is 0.263. The van der Waals surface area contributed by atoms with Gasteiger partial charge in [0.1, 0.15) is 0 Å². The number of carbonyl (C=O) groups excluding carboxylic acids is 1. The molecule has 0 radical (unpaired) electrons. The molecule has 2 aliphatic heterocycles. The maximum Gasteiger partial charge on any atom is 0.243 e. The highest BCUT2D eigenvalue weighted by Gasteiger charge is 2.29. The number of benzene rings is 2. The van der Waals surface area contributed by atoms with Crippen LogP contribution in [0.3, 0.4) is 0 Å². The Hall–Kier alpha value is -2.27. The van der Waals surface area contributed by atoms with Crippen molar-refractivity contribution in [1.29, 1.82) is 0 Å². The average molecular weight is 520 g/mol. The Kier molecular flexibility index (Phi) is 7.95. The number of hydrogen-bond acceptors (Lipinski definition) is 6. The van der Waals surface area contributed by atoms with Crippen molar-refractivity contribution in [1.82, 2.24) is 8.61 Å². The molecule has 190 valence electrons. The Labute approximate surface area is 208 Å². The lowest BCUT2D eigenvalue weighted by atomic mass is 10.0. The molecule has 0 bridgehead atoms. The molecule has 0 unspecified atom stereocenters. The highest BCUT2D eigenvalue weighted by molar-refractivity contribution is 7.89. The number of hydrogen-bond donors (Lipinski definition) is 1. The van der Waals surface area contributed by atoms with Gasteiger partial charge in [0.05, 0.1) is 16.3 Å². The van der Waals surface area contributed by atoms with E-state index < -0.39 is 20.0 Å². The van der Waals surface area contributed by atoms with Crippen LogP contribution in [0.15, 0.2) is 58.3 Å². The van der Waals surface area contributed by atoms with Gasteiger partial charge < -0.3 is 5.32 Å². The van der Waals surface area contributed by atoms with Crippen molar-refractivity contribution in [2.75, 3.05) is 38.0 Å². The number of carbonyl (C=O) groups is 1. The number of rotatable bonds is 8. The molecule has 2 aromatic carbocycles. The van der Waals surface area contributed by atoms with E-state index in [0.29, 0.717) is 43.3 Å². The van der Waals surface area contributed by atoms with Crippen LogP contribution in [0.5, 0.6) is 0 Å². The van der Waals surface area contributed by atoms with Crippen molar-refractivity contribution in [3.05, 3.63) is 54.1 Å². The molecule has 0 atom stereocenters. The monoisotopic (exact) mass is 519 g/mol. The van der Waals surface area contributed by atoms with E-state index in [1.54, 1.807) is 36.4 Å². The minimum absolute atomic E-state index is 0.0387. The van der Waals surface area contributed by atoms with Gasteiger partial charge in [-0.1, -0.05) is 25.5 Å². The lowest BCUT2D eigenvalue weighted by molar-refractivity contribution is 0.101. The van der Waals surface area contributed by atoms with E-state index in [0.717, 1.165) is 32.1 Å². The van der Waals surface area contributed by atoms with Crippen molar-refractivity contribution in [3.8, 4) is 0 Å². The summed E-state index contributed by atoms with van der Waals surface area (Å²) in [6.45, 7) is 4.16. The SMILES string of the molecule is CC1CCN(S(=O)(=O)c2cccc(C(=O)CNc3ccc(S(=O)(=O)N4CCCCC4)cc3)c2)CC1. The maximum absolute atomic E-state index is 13.0. The third-order valence-corrected chi connectivity index (χ3v) is 10.6. The van der Waals surface area contributed by atoms with Crippen molar-refractivity contribution in [2.45, 2.75) is 48.8 Å². The Morgan fingerprint density at radius 3 is 2.09 bits per heavy atom. The number of sulfonamides is 2. The van der Waals surface area contributed by atoms with Crippen molar-refractivity contribution >= 4 is 31.5 Å². The number of Topliss-reactive ketones (excluding diaryl/α,β-unsaturated/α-hetero) is 1. The highest BCUT2D eigenvalue weighted by Crippen LogP contribution is 2.25.